The Morgan fingerprint density at radius 2 is 1.85 bits per heavy atom. The molecule has 132 valence electrons. The van der Waals surface area contributed by atoms with E-state index in [1.165, 1.54) is 24.1 Å². The second-order valence-electron chi connectivity index (χ2n) is 5.61. The Balaban J connectivity index is 1.75. The van der Waals surface area contributed by atoms with Crippen molar-refractivity contribution in [2.75, 3.05) is 0 Å². The van der Waals surface area contributed by atoms with E-state index in [0.717, 1.165) is 16.0 Å². The van der Waals surface area contributed by atoms with Crippen LogP contribution >= 0.6 is 11.8 Å². The maximum absolute atomic E-state index is 12.5. The molecule has 0 saturated heterocycles. The van der Waals surface area contributed by atoms with E-state index in [1.54, 1.807) is 24.4 Å². The maximum Gasteiger partial charge on any atom is 0.305 e. The molecule has 0 spiro atoms. The van der Waals surface area contributed by atoms with Crippen molar-refractivity contribution in [3.05, 3.63) is 77.4 Å². The number of carbonyl (C=O) groups excluding carboxylic acids is 2. The zero-order valence-corrected chi connectivity index (χ0v) is 15.1. The van der Waals surface area contributed by atoms with E-state index >= 15 is 0 Å². The first-order valence-electron chi connectivity index (χ1n) is 7.89. The highest BCUT2D eigenvalue weighted by Crippen LogP contribution is 2.31. The highest BCUT2D eigenvalue weighted by atomic mass is 32.2. The lowest BCUT2D eigenvalue weighted by molar-refractivity contribution is 0.0829. The topological polar surface area (TPSA) is 84.2 Å². The van der Waals surface area contributed by atoms with Crippen LogP contribution in [-0.2, 0) is 0 Å². The normalized spacial score (nSPS) is 10.4. The summed E-state index contributed by atoms with van der Waals surface area (Å²) in [5, 5.41) is 0.561. The second kappa shape index (κ2) is 7.88. The second-order valence-corrected chi connectivity index (χ2v) is 6.64. The van der Waals surface area contributed by atoms with E-state index in [4.69, 9.17) is 4.42 Å². The van der Waals surface area contributed by atoms with Gasteiger partial charge in [-0.1, -0.05) is 23.9 Å². The van der Waals surface area contributed by atoms with Crippen molar-refractivity contribution in [1.29, 1.82) is 0 Å². The van der Waals surface area contributed by atoms with E-state index in [9.17, 15) is 9.59 Å². The summed E-state index contributed by atoms with van der Waals surface area (Å²) in [5.41, 5.74) is 7.32. The Bertz CT molecular complexity index is 939. The summed E-state index contributed by atoms with van der Waals surface area (Å²) in [5.74, 6) is -0.872. The molecule has 0 radical (unpaired) electrons. The van der Waals surface area contributed by atoms with Crippen LogP contribution in [0.5, 0.6) is 0 Å². The maximum atomic E-state index is 12.5. The molecule has 0 unspecified atom stereocenters. The number of furan rings is 1. The first kappa shape index (κ1) is 17.8. The number of benzene rings is 1. The fraction of sp³-hybridized carbons (Fsp3) is 0.105. The summed E-state index contributed by atoms with van der Waals surface area (Å²) in [7, 11) is 0. The molecule has 26 heavy (non-hydrogen) atoms. The molecule has 0 saturated carbocycles. The molecule has 2 N–H and O–H groups in total. The Hall–Kier alpha value is -3.06. The van der Waals surface area contributed by atoms with Gasteiger partial charge in [0.15, 0.2) is 5.76 Å². The van der Waals surface area contributed by atoms with E-state index < -0.39 is 11.8 Å². The van der Waals surface area contributed by atoms with Gasteiger partial charge in [-0.15, -0.1) is 0 Å². The summed E-state index contributed by atoms with van der Waals surface area (Å²) < 4.78 is 4.98. The molecule has 2 amide bonds. The van der Waals surface area contributed by atoms with Crippen molar-refractivity contribution in [2.24, 2.45) is 0 Å². The van der Waals surface area contributed by atoms with Crippen molar-refractivity contribution in [3.8, 4) is 0 Å². The van der Waals surface area contributed by atoms with Gasteiger partial charge >= 0.3 is 5.91 Å². The van der Waals surface area contributed by atoms with E-state index in [2.05, 4.69) is 21.9 Å². The van der Waals surface area contributed by atoms with Crippen molar-refractivity contribution < 1.29 is 14.0 Å². The van der Waals surface area contributed by atoms with Gasteiger partial charge in [0.25, 0.3) is 5.91 Å². The van der Waals surface area contributed by atoms with Crippen LogP contribution in [0.25, 0.3) is 0 Å². The molecule has 0 fully saturated rings. The number of amides is 2. The number of hydrogen-bond donors (Lipinski definition) is 2. The number of aromatic nitrogens is 1. The zero-order chi connectivity index (χ0) is 18.5. The minimum Gasteiger partial charge on any atom is -0.459 e. The molecule has 0 aliphatic carbocycles. The van der Waals surface area contributed by atoms with E-state index in [-0.39, 0.29) is 5.76 Å². The fourth-order valence-electron chi connectivity index (χ4n) is 2.22. The standard InChI is InChI=1S/C19H17N3O3S/c1-12-7-8-13(2)16(11-12)26-19-14(5-3-9-20-19)17(23)21-22-18(24)15-6-4-10-25-15/h3-11H,1-2H3,(H,21,23)(H,22,24). The third-order valence-electron chi connectivity index (χ3n) is 3.60. The number of carbonyl (C=O) groups is 2. The molecular weight excluding hydrogens is 350 g/mol. The molecule has 2 aromatic heterocycles. The Morgan fingerprint density at radius 3 is 2.62 bits per heavy atom. The zero-order valence-electron chi connectivity index (χ0n) is 14.3. The van der Waals surface area contributed by atoms with Crippen molar-refractivity contribution in [3.63, 3.8) is 0 Å². The number of hydrogen-bond acceptors (Lipinski definition) is 5. The molecule has 0 aliphatic heterocycles. The lowest BCUT2D eigenvalue weighted by Gasteiger charge is -2.11. The minimum atomic E-state index is -0.532. The van der Waals surface area contributed by atoms with Gasteiger partial charge in [-0.25, -0.2) is 4.98 Å². The van der Waals surface area contributed by atoms with Gasteiger partial charge in [-0.05, 0) is 55.3 Å². The molecule has 6 nitrogen and oxygen atoms in total. The van der Waals surface area contributed by atoms with Gasteiger partial charge in [0.2, 0.25) is 0 Å². The van der Waals surface area contributed by atoms with Crippen LogP contribution in [0.4, 0.5) is 0 Å². The number of nitrogens with one attached hydrogen (secondary N) is 2. The van der Waals surface area contributed by atoms with Gasteiger partial charge in [0, 0.05) is 11.1 Å². The highest BCUT2D eigenvalue weighted by Gasteiger charge is 2.16. The molecule has 3 aromatic rings. The first-order chi connectivity index (χ1) is 12.5. The van der Waals surface area contributed by atoms with Crippen molar-refractivity contribution >= 4 is 23.6 Å². The molecule has 1 aromatic carbocycles. The van der Waals surface area contributed by atoms with Gasteiger partial charge < -0.3 is 4.42 Å². The van der Waals surface area contributed by atoms with Gasteiger partial charge in [0.1, 0.15) is 5.03 Å². The van der Waals surface area contributed by atoms with Gasteiger partial charge in [0.05, 0.1) is 11.8 Å². The predicted molar refractivity (Wildman–Crippen MR) is 97.9 cm³/mol. The first-order valence-corrected chi connectivity index (χ1v) is 8.70. The van der Waals surface area contributed by atoms with Crippen LogP contribution in [0.2, 0.25) is 0 Å². The summed E-state index contributed by atoms with van der Waals surface area (Å²) >= 11 is 1.41. The number of hydrazine groups is 1. The van der Waals surface area contributed by atoms with Gasteiger partial charge in [-0.3, -0.25) is 20.4 Å². The van der Waals surface area contributed by atoms with Gasteiger partial charge in [-0.2, -0.15) is 0 Å². The lowest BCUT2D eigenvalue weighted by atomic mass is 10.2. The molecule has 3 rings (SSSR count). The van der Waals surface area contributed by atoms with Crippen molar-refractivity contribution in [1.82, 2.24) is 15.8 Å². The monoisotopic (exact) mass is 367 g/mol. The van der Waals surface area contributed by atoms with E-state index in [1.807, 2.05) is 26.0 Å². The number of pyridine rings is 1. The Labute approximate surface area is 155 Å². The summed E-state index contributed by atoms with van der Waals surface area (Å²) in [6.45, 7) is 4.02. The third-order valence-corrected chi connectivity index (χ3v) is 4.78. The van der Waals surface area contributed by atoms with E-state index in [0.29, 0.717) is 10.6 Å². The molecule has 0 aliphatic rings. The third kappa shape index (κ3) is 4.12. The number of nitrogens with zero attached hydrogens (tertiary/aromatic N) is 1. The SMILES string of the molecule is Cc1ccc(C)c(Sc2ncccc2C(=O)NNC(=O)c2ccco2)c1. The molecule has 2 heterocycles. The highest BCUT2D eigenvalue weighted by molar-refractivity contribution is 7.99. The van der Waals surface area contributed by atoms with Crippen LogP contribution in [0.3, 0.4) is 0 Å². The van der Waals surface area contributed by atoms with Crippen molar-refractivity contribution in [2.45, 2.75) is 23.8 Å². The largest absolute Gasteiger partial charge is 0.459 e. The minimum absolute atomic E-state index is 0.112. The Kier molecular flexibility index (Phi) is 5.38. The number of aryl methyl sites for hydroxylation is 2. The summed E-state index contributed by atoms with van der Waals surface area (Å²) in [6.07, 6.45) is 3.02. The quantitative estimate of drug-likeness (QED) is 0.689. The lowest BCUT2D eigenvalue weighted by Crippen LogP contribution is -2.41. The number of rotatable bonds is 4. The molecule has 7 heteroatoms. The smallest absolute Gasteiger partial charge is 0.305 e. The van der Waals surface area contributed by atoms with Crippen LogP contribution in [0, 0.1) is 13.8 Å². The van der Waals surface area contributed by atoms with Crippen LogP contribution in [0.15, 0.2) is 69.3 Å². The fourth-order valence-corrected chi connectivity index (χ4v) is 3.28. The average Bonchev–Trinajstić information content (AvgIpc) is 3.18. The molecule has 0 bridgehead atoms. The molecule has 0 atom stereocenters. The van der Waals surface area contributed by atoms with Crippen LogP contribution in [0.1, 0.15) is 32.0 Å². The molecular formula is C19H17N3O3S. The predicted octanol–water partition coefficient (Wildman–Crippen LogP) is 3.52. The summed E-state index contributed by atoms with van der Waals surface area (Å²) in [6, 6.07) is 12.6. The van der Waals surface area contributed by atoms with Crippen LogP contribution in [-0.4, -0.2) is 16.8 Å². The Morgan fingerprint density at radius 1 is 1.04 bits per heavy atom. The van der Waals surface area contributed by atoms with Crippen LogP contribution < -0.4 is 10.9 Å². The summed E-state index contributed by atoms with van der Waals surface area (Å²) in [4.78, 5) is 29.7. The average molecular weight is 367 g/mol.